The van der Waals surface area contributed by atoms with E-state index in [2.05, 4.69) is 10.3 Å². The van der Waals surface area contributed by atoms with Crippen LogP contribution in [0.25, 0.3) is 0 Å². The predicted octanol–water partition coefficient (Wildman–Crippen LogP) is 1.84. The molecule has 6 nitrogen and oxygen atoms in total. The van der Waals surface area contributed by atoms with Crippen LogP contribution in [0.15, 0.2) is 5.38 Å². The Balaban J connectivity index is 2.30. The lowest BCUT2D eigenvalue weighted by Crippen LogP contribution is -2.63. The van der Waals surface area contributed by atoms with Crippen LogP contribution in [0, 0.1) is 12.3 Å². The Morgan fingerprint density at radius 1 is 1.30 bits per heavy atom. The first-order valence-corrected chi connectivity index (χ1v) is 7.41. The van der Waals surface area contributed by atoms with Crippen molar-refractivity contribution in [3.63, 3.8) is 0 Å². The quantitative estimate of drug-likeness (QED) is 0.860. The van der Waals surface area contributed by atoms with Gasteiger partial charge in [-0.2, -0.15) is 0 Å². The minimum Gasteiger partial charge on any atom is -0.277 e. The van der Waals surface area contributed by atoms with Crippen LogP contribution in [0.1, 0.15) is 37.4 Å². The van der Waals surface area contributed by atoms with Crippen LogP contribution in [0.4, 0.5) is 4.79 Å². The van der Waals surface area contributed by atoms with Crippen molar-refractivity contribution in [2.45, 2.75) is 40.2 Å². The summed E-state index contributed by atoms with van der Waals surface area (Å²) in [5.41, 5.74) is -0.289. The van der Waals surface area contributed by atoms with Crippen molar-refractivity contribution in [1.29, 1.82) is 0 Å². The summed E-state index contributed by atoms with van der Waals surface area (Å²) in [6.07, 6.45) is 0.740. The van der Waals surface area contributed by atoms with Gasteiger partial charge in [0, 0.05) is 11.1 Å². The molecule has 1 aromatic heterocycles. The van der Waals surface area contributed by atoms with Gasteiger partial charge in [0.05, 0.1) is 6.54 Å². The number of carbonyl (C=O) groups is 3. The Morgan fingerprint density at radius 2 is 1.95 bits per heavy atom. The molecular formula is C13H17N3O3S. The summed E-state index contributed by atoms with van der Waals surface area (Å²) in [5, 5.41) is 4.83. The third-order valence-electron chi connectivity index (χ3n) is 3.72. The normalized spacial score (nSPS) is 18.4. The molecule has 0 radical (unpaired) electrons. The highest BCUT2D eigenvalue weighted by Crippen LogP contribution is 2.33. The molecule has 0 saturated carbocycles. The summed E-state index contributed by atoms with van der Waals surface area (Å²) < 4.78 is 0. The summed E-state index contributed by atoms with van der Waals surface area (Å²) >= 11 is 1.39. The van der Waals surface area contributed by atoms with Crippen molar-refractivity contribution in [3.8, 4) is 0 Å². The minimum absolute atomic E-state index is 0.109. The molecule has 1 aromatic rings. The Labute approximate surface area is 121 Å². The lowest BCUT2D eigenvalue weighted by Gasteiger charge is -2.37. The summed E-state index contributed by atoms with van der Waals surface area (Å²) in [5.74, 6) is -0.923. The molecule has 0 unspecified atom stereocenters. The summed E-state index contributed by atoms with van der Waals surface area (Å²) in [6.45, 7) is 5.52. The number of thiazole rings is 1. The standard InChI is InChI=1S/C13H17N3O3S/c1-4-13(5-2)10(17)15-12(19)16(11(13)18)6-9-14-8(3)7-20-9/h7H,4-6H2,1-3H3,(H,15,17,19). The van der Waals surface area contributed by atoms with E-state index in [1.54, 1.807) is 13.8 Å². The fraction of sp³-hybridized carbons (Fsp3) is 0.538. The highest BCUT2D eigenvalue weighted by atomic mass is 32.1. The molecule has 7 heteroatoms. The maximum Gasteiger partial charge on any atom is 0.331 e. The summed E-state index contributed by atoms with van der Waals surface area (Å²) in [4.78, 5) is 41.8. The molecule has 0 spiro atoms. The molecule has 20 heavy (non-hydrogen) atoms. The van der Waals surface area contributed by atoms with Gasteiger partial charge in [-0.1, -0.05) is 13.8 Å². The van der Waals surface area contributed by atoms with Gasteiger partial charge in [0.25, 0.3) is 0 Å². The van der Waals surface area contributed by atoms with Crippen molar-refractivity contribution >= 4 is 29.2 Å². The minimum atomic E-state index is -1.14. The monoisotopic (exact) mass is 295 g/mol. The summed E-state index contributed by atoms with van der Waals surface area (Å²) in [6, 6.07) is -0.662. The number of aryl methyl sites for hydroxylation is 1. The zero-order chi connectivity index (χ0) is 14.9. The van der Waals surface area contributed by atoms with Gasteiger partial charge in [-0.15, -0.1) is 11.3 Å². The van der Waals surface area contributed by atoms with E-state index in [1.807, 2.05) is 12.3 Å². The molecule has 4 amide bonds. The highest BCUT2D eigenvalue weighted by molar-refractivity contribution is 7.09. The van der Waals surface area contributed by atoms with Crippen molar-refractivity contribution in [3.05, 3.63) is 16.1 Å². The van der Waals surface area contributed by atoms with Gasteiger partial charge in [-0.3, -0.25) is 19.8 Å². The number of amides is 4. The van der Waals surface area contributed by atoms with Gasteiger partial charge in [-0.05, 0) is 19.8 Å². The Morgan fingerprint density at radius 3 is 2.45 bits per heavy atom. The number of hydrogen-bond acceptors (Lipinski definition) is 5. The van der Waals surface area contributed by atoms with Crippen LogP contribution >= 0.6 is 11.3 Å². The zero-order valence-electron chi connectivity index (χ0n) is 11.7. The van der Waals surface area contributed by atoms with E-state index in [-0.39, 0.29) is 6.54 Å². The number of aromatic nitrogens is 1. The molecule has 0 atom stereocenters. The van der Waals surface area contributed by atoms with Gasteiger partial charge in [-0.25, -0.2) is 9.78 Å². The van der Waals surface area contributed by atoms with Crippen LogP contribution in [-0.4, -0.2) is 27.7 Å². The molecule has 1 N–H and O–H groups in total. The van der Waals surface area contributed by atoms with Crippen LogP contribution < -0.4 is 5.32 Å². The number of hydrogen-bond donors (Lipinski definition) is 1. The number of rotatable bonds is 4. The molecule has 1 saturated heterocycles. The molecular weight excluding hydrogens is 278 g/mol. The Kier molecular flexibility index (Phi) is 3.89. The molecule has 1 aliphatic heterocycles. The van der Waals surface area contributed by atoms with E-state index in [1.165, 1.54) is 11.3 Å². The predicted molar refractivity (Wildman–Crippen MR) is 74.0 cm³/mol. The highest BCUT2D eigenvalue weighted by Gasteiger charge is 2.51. The van der Waals surface area contributed by atoms with Crippen molar-refractivity contribution < 1.29 is 14.4 Å². The van der Waals surface area contributed by atoms with E-state index in [0.717, 1.165) is 10.6 Å². The van der Waals surface area contributed by atoms with Crippen molar-refractivity contribution in [1.82, 2.24) is 15.2 Å². The van der Waals surface area contributed by atoms with Crippen molar-refractivity contribution in [2.24, 2.45) is 5.41 Å². The maximum atomic E-state index is 12.6. The SMILES string of the molecule is CCC1(CC)C(=O)NC(=O)N(Cc2nc(C)cs2)C1=O. The molecule has 2 heterocycles. The first-order chi connectivity index (χ1) is 9.44. The van der Waals surface area contributed by atoms with Gasteiger partial charge in [0.15, 0.2) is 0 Å². The first-order valence-electron chi connectivity index (χ1n) is 6.53. The van der Waals surface area contributed by atoms with E-state index in [9.17, 15) is 14.4 Å². The lowest BCUT2D eigenvalue weighted by atomic mass is 9.78. The number of nitrogens with one attached hydrogen (secondary N) is 1. The van der Waals surface area contributed by atoms with Crippen LogP contribution in [0.5, 0.6) is 0 Å². The van der Waals surface area contributed by atoms with E-state index >= 15 is 0 Å². The molecule has 2 rings (SSSR count). The van der Waals surface area contributed by atoms with E-state index in [0.29, 0.717) is 17.8 Å². The average Bonchev–Trinajstić information content (AvgIpc) is 2.82. The second-order valence-electron chi connectivity index (χ2n) is 4.82. The Bertz CT molecular complexity index is 563. The maximum absolute atomic E-state index is 12.6. The van der Waals surface area contributed by atoms with Gasteiger partial charge >= 0.3 is 6.03 Å². The van der Waals surface area contributed by atoms with Gasteiger partial charge < -0.3 is 0 Å². The fourth-order valence-corrected chi connectivity index (χ4v) is 3.12. The summed E-state index contributed by atoms with van der Waals surface area (Å²) in [7, 11) is 0. The lowest BCUT2D eigenvalue weighted by molar-refractivity contribution is -0.152. The zero-order valence-corrected chi connectivity index (χ0v) is 12.5. The Hall–Kier alpha value is -1.76. The number of barbiturate groups is 1. The van der Waals surface area contributed by atoms with Crippen molar-refractivity contribution in [2.75, 3.05) is 0 Å². The molecule has 0 bridgehead atoms. The molecule has 1 aliphatic rings. The first kappa shape index (κ1) is 14.6. The topological polar surface area (TPSA) is 79.4 Å². The molecule has 0 aromatic carbocycles. The second-order valence-corrected chi connectivity index (χ2v) is 5.77. The number of carbonyl (C=O) groups excluding carboxylic acids is 3. The molecule has 1 fully saturated rings. The average molecular weight is 295 g/mol. The van der Waals surface area contributed by atoms with E-state index in [4.69, 9.17) is 0 Å². The smallest absolute Gasteiger partial charge is 0.277 e. The molecule has 0 aliphatic carbocycles. The van der Waals surface area contributed by atoms with Gasteiger partial charge in [0.1, 0.15) is 10.4 Å². The van der Waals surface area contributed by atoms with Crippen LogP contribution in [0.3, 0.4) is 0 Å². The van der Waals surface area contributed by atoms with Crippen LogP contribution in [-0.2, 0) is 16.1 Å². The number of urea groups is 1. The van der Waals surface area contributed by atoms with Crippen LogP contribution in [0.2, 0.25) is 0 Å². The fourth-order valence-electron chi connectivity index (χ4n) is 2.36. The third-order valence-corrected chi connectivity index (χ3v) is 4.67. The molecule has 108 valence electrons. The van der Waals surface area contributed by atoms with Gasteiger partial charge in [0.2, 0.25) is 11.8 Å². The number of nitrogens with zero attached hydrogens (tertiary/aromatic N) is 2. The largest absolute Gasteiger partial charge is 0.331 e. The second kappa shape index (κ2) is 5.32. The van der Waals surface area contributed by atoms with E-state index < -0.39 is 23.3 Å². The number of imide groups is 2. The third kappa shape index (κ3) is 2.22.